The molecule has 1 N–H and O–H groups in total. The molecule has 1 fully saturated rings. The molecular formula is C15H31NOS. The Morgan fingerprint density at radius 3 is 2.44 bits per heavy atom. The fraction of sp³-hybridized carbons (Fsp3) is 1.00. The predicted octanol–water partition coefficient (Wildman–Crippen LogP) is 3.48. The van der Waals surface area contributed by atoms with Crippen molar-refractivity contribution in [1.29, 1.82) is 0 Å². The monoisotopic (exact) mass is 273 g/mol. The lowest BCUT2D eigenvalue weighted by molar-refractivity contribution is 0.172. The molecule has 2 nitrogen and oxygen atoms in total. The van der Waals surface area contributed by atoms with E-state index in [4.69, 9.17) is 0 Å². The van der Waals surface area contributed by atoms with Gasteiger partial charge in [0.05, 0.1) is 5.25 Å². The minimum absolute atomic E-state index is 0.107. The molecule has 0 bridgehead atoms. The summed E-state index contributed by atoms with van der Waals surface area (Å²) in [6.45, 7) is 14.2. The van der Waals surface area contributed by atoms with Crippen molar-refractivity contribution in [2.24, 2.45) is 5.41 Å². The van der Waals surface area contributed by atoms with Crippen LogP contribution in [0.4, 0.5) is 0 Å². The summed E-state index contributed by atoms with van der Waals surface area (Å²) in [7, 11) is -0.766. The normalized spacial score (nSPS) is 30.1. The number of hydrogen-bond acceptors (Lipinski definition) is 2. The molecule has 0 aromatic rings. The van der Waals surface area contributed by atoms with Crippen LogP contribution in [0.15, 0.2) is 0 Å². The first-order valence-corrected chi connectivity index (χ1v) is 8.55. The average Bonchev–Trinajstić information content (AvgIpc) is 2.24. The van der Waals surface area contributed by atoms with Gasteiger partial charge in [0.25, 0.3) is 0 Å². The van der Waals surface area contributed by atoms with E-state index in [9.17, 15) is 4.21 Å². The van der Waals surface area contributed by atoms with E-state index < -0.39 is 10.8 Å². The molecule has 1 saturated carbocycles. The van der Waals surface area contributed by atoms with Crippen LogP contribution >= 0.6 is 0 Å². The van der Waals surface area contributed by atoms with E-state index in [1.165, 1.54) is 12.8 Å². The standard InChI is InChI=1S/C15H31NOS/c1-7-11-16-13-12(18(17)14(2,3)4)9-8-10-15(13,5)6/h12-13,16H,7-11H2,1-6H3. The summed E-state index contributed by atoms with van der Waals surface area (Å²) < 4.78 is 12.6. The maximum atomic E-state index is 12.8. The molecule has 0 amide bonds. The minimum atomic E-state index is -0.766. The molecule has 3 heteroatoms. The quantitative estimate of drug-likeness (QED) is 0.849. The lowest BCUT2D eigenvalue weighted by Crippen LogP contribution is -2.56. The molecular weight excluding hydrogens is 242 g/mol. The topological polar surface area (TPSA) is 29.1 Å². The van der Waals surface area contributed by atoms with Gasteiger partial charge in [0.15, 0.2) is 0 Å². The molecule has 18 heavy (non-hydrogen) atoms. The Hall–Kier alpha value is 0.110. The Bertz CT molecular complexity index is 293. The summed E-state index contributed by atoms with van der Waals surface area (Å²) in [5, 5.41) is 3.98. The number of nitrogens with one attached hydrogen (secondary N) is 1. The van der Waals surface area contributed by atoms with E-state index in [0.717, 1.165) is 19.4 Å². The molecule has 0 spiro atoms. The van der Waals surface area contributed by atoms with E-state index >= 15 is 0 Å². The maximum absolute atomic E-state index is 12.8. The first kappa shape index (κ1) is 16.2. The van der Waals surface area contributed by atoms with Gasteiger partial charge < -0.3 is 5.32 Å². The summed E-state index contributed by atoms with van der Waals surface area (Å²) in [5.41, 5.74) is 0.263. The van der Waals surface area contributed by atoms with Crippen LogP contribution in [-0.4, -0.2) is 26.8 Å². The zero-order valence-corrected chi connectivity index (χ0v) is 13.8. The van der Waals surface area contributed by atoms with Crippen molar-refractivity contribution in [1.82, 2.24) is 5.32 Å². The van der Waals surface area contributed by atoms with Crippen molar-refractivity contribution >= 4 is 10.8 Å². The van der Waals surface area contributed by atoms with E-state index in [-0.39, 0.29) is 10.2 Å². The summed E-state index contributed by atoms with van der Waals surface area (Å²) in [6.07, 6.45) is 4.70. The molecule has 1 rings (SSSR count). The largest absolute Gasteiger partial charge is 0.312 e. The van der Waals surface area contributed by atoms with Crippen LogP contribution in [0.5, 0.6) is 0 Å². The second-order valence-electron chi connectivity index (χ2n) is 7.26. The summed E-state index contributed by atoms with van der Waals surface area (Å²) in [5.74, 6) is 0. The number of hydrogen-bond donors (Lipinski definition) is 1. The molecule has 108 valence electrons. The Kier molecular flexibility index (Phi) is 5.43. The molecule has 0 aromatic carbocycles. The van der Waals surface area contributed by atoms with Crippen molar-refractivity contribution in [2.45, 2.75) is 83.3 Å². The van der Waals surface area contributed by atoms with E-state index in [1.807, 2.05) is 0 Å². The van der Waals surface area contributed by atoms with Crippen LogP contribution in [0, 0.1) is 5.41 Å². The molecule has 0 heterocycles. The third-order valence-corrected chi connectivity index (χ3v) is 6.28. The van der Waals surface area contributed by atoms with Crippen molar-refractivity contribution in [3.05, 3.63) is 0 Å². The fourth-order valence-electron chi connectivity index (χ4n) is 2.98. The van der Waals surface area contributed by atoms with E-state index in [2.05, 4.69) is 46.9 Å². The highest BCUT2D eigenvalue weighted by Gasteiger charge is 2.43. The maximum Gasteiger partial charge on any atom is 0.0511 e. The summed E-state index contributed by atoms with van der Waals surface area (Å²) in [4.78, 5) is 0. The summed E-state index contributed by atoms with van der Waals surface area (Å²) >= 11 is 0. The predicted molar refractivity (Wildman–Crippen MR) is 81.4 cm³/mol. The van der Waals surface area contributed by atoms with Crippen molar-refractivity contribution < 1.29 is 4.21 Å². The highest BCUT2D eigenvalue weighted by Crippen LogP contribution is 2.39. The van der Waals surface area contributed by atoms with E-state index in [1.54, 1.807) is 0 Å². The van der Waals surface area contributed by atoms with Crippen LogP contribution in [-0.2, 0) is 10.8 Å². The van der Waals surface area contributed by atoms with Gasteiger partial charge in [-0.1, -0.05) is 27.2 Å². The smallest absolute Gasteiger partial charge is 0.0511 e. The first-order valence-electron chi connectivity index (χ1n) is 7.34. The zero-order chi connectivity index (χ0) is 14.0. The molecule has 0 radical (unpaired) electrons. The van der Waals surface area contributed by atoms with Crippen molar-refractivity contribution in [2.75, 3.05) is 6.54 Å². The van der Waals surface area contributed by atoms with Gasteiger partial charge in [0, 0.05) is 21.6 Å². The molecule has 3 unspecified atom stereocenters. The Morgan fingerprint density at radius 1 is 1.33 bits per heavy atom. The molecule has 0 saturated heterocycles. The van der Waals surface area contributed by atoms with Crippen LogP contribution in [0.25, 0.3) is 0 Å². The third kappa shape index (κ3) is 3.80. The Balaban J connectivity index is 2.89. The highest BCUT2D eigenvalue weighted by atomic mass is 32.2. The second kappa shape index (κ2) is 6.04. The van der Waals surface area contributed by atoms with Crippen LogP contribution < -0.4 is 5.32 Å². The first-order chi connectivity index (χ1) is 8.20. The SMILES string of the molecule is CCCNC1C(S(=O)C(C)(C)C)CCCC1(C)C. The average molecular weight is 273 g/mol. The lowest BCUT2D eigenvalue weighted by Gasteiger charge is -2.45. The Labute approximate surface area is 116 Å². The summed E-state index contributed by atoms with van der Waals surface area (Å²) in [6, 6.07) is 0.395. The zero-order valence-electron chi connectivity index (χ0n) is 13.0. The van der Waals surface area contributed by atoms with E-state index in [0.29, 0.717) is 11.3 Å². The van der Waals surface area contributed by atoms with Gasteiger partial charge in [-0.3, -0.25) is 4.21 Å². The lowest BCUT2D eigenvalue weighted by atomic mass is 9.73. The van der Waals surface area contributed by atoms with Crippen LogP contribution in [0.1, 0.15) is 67.2 Å². The molecule has 3 atom stereocenters. The highest BCUT2D eigenvalue weighted by molar-refractivity contribution is 7.87. The molecule has 1 aliphatic rings. The van der Waals surface area contributed by atoms with Gasteiger partial charge >= 0.3 is 0 Å². The van der Waals surface area contributed by atoms with Crippen LogP contribution in [0.2, 0.25) is 0 Å². The minimum Gasteiger partial charge on any atom is -0.312 e. The van der Waals surface area contributed by atoms with Crippen molar-refractivity contribution in [3.8, 4) is 0 Å². The van der Waals surface area contributed by atoms with Crippen LogP contribution in [0.3, 0.4) is 0 Å². The van der Waals surface area contributed by atoms with Gasteiger partial charge in [-0.15, -0.1) is 0 Å². The molecule has 0 aliphatic heterocycles. The molecule has 1 aliphatic carbocycles. The van der Waals surface area contributed by atoms with Crippen molar-refractivity contribution in [3.63, 3.8) is 0 Å². The van der Waals surface area contributed by atoms with Gasteiger partial charge in [0.2, 0.25) is 0 Å². The van der Waals surface area contributed by atoms with Gasteiger partial charge in [-0.05, 0) is 52.0 Å². The van der Waals surface area contributed by atoms with Gasteiger partial charge in [-0.2, -0.15) is 0 Å². The number of rotatable bonds is 4. The third-order valence-electron chi connectivity index (χ3n) is 4.02. The second-order valence-corrected chi connectivity index (χ2v) is 9.69. The molecule has 0 aromatic heterocycles. The Morgan fingerprint density at radius 2 is 1.94 bits per heavy atom. The van der Waals surface area contributed by atoms with Gasteiger partial charge in [-0.25, -0.2) is 0 Å². The fourth-order valence-corrected chi connectivity index (χ4v) is 4.98. The van der Waals surface area contributed by atoms with Gasteiger partial charge in [0.1, 0.15) is 0 Å².